The van der Waals surface area contributed by atoms with E-state index in [9.17, 15) is 18.0 Å². The Morgan fingerprint density at radius 1 is 1.32 bits per heavy atom. The number of sulfonamides is 1. The average molecular weight is 420 g/mol. The molecular weight excluding hydrogens is 406 g/mol. The Labute approximate surface area is 157 Å². The molecule has 3 N–H and O–H groups in total. The number of rotatable bonds is 5. The van der Waals surface area contributed by atoms with Gasteiger partial charge >= 0.3 is 0 Å². The molecule has 3 heterocycles. The van der Waals surface area contributed by atoms with Crippen molar-refractivity contribution < 1.29 is 18.0 Å². The molecule has 2 aromatic heterocycles. The summed E-state index contributed by atoms with van der Waals surface area (Å²) in [7, 11) is -3.80. The van der Waals surface area contributed by atoms with E-state index in [1.807, 2.05) is 0 Å². The maximum Gasteiger partial charge on any atom is 0.253 e. The second-order valence-corrected chi connectivity index (χ2v) is 10.1. The van der Waals surface area contributed by atoms with Gasteiger partial charge in [-0.3, -0.25) is 9.59 Å². The third-order valence-electron chi connectivity index (χ3n) is 3.79. The largest absolute Gasteiger partial charge is 0.366 e. The number of amides is 2. The SMILES string of the molecule is NC(=O)c1ccsc1NC(=O)[C@@H]1CCCN1S(=O)(=O)c1ccc(Cl)s1. The maximum atomic E-state index is 12.8. The molecule has 25 heavy (non-hydrogen) atoms. The molecule has 0 aliphatic carbocycles. The summed E-state index contributed by atoms with van der Waals surface area (Å²) >= 11 is 7.94. The molecular formula is C14H14ClN3O4S3. The van der Waals surface area contributed by atoms with Crippen LogP contribution in [0.1, 0.15) is 23.2 Å². The molecule has 0 unspecified atom stereocenters. The molecule has 11 heteroatoms. The number of primary amides is 1. The van der Waals surface area contributed by atoms with Crippen molar-refractivity contribution in [1.29, 1.82) is 0 Å². The van der Waals surface area contributed by atoms with Crippen LogP contribution in [0.2, 0.25) is 4.34 Å². The monoisotopic (exact) mass is 419 g/mol. The zero-order valence-electron chi connectivity index (χ0n) is 12.8. The normalized spacial score (nSPS) is 18.4. The number of nitrogens with one attached hydrogen (secondary N) is 1. The van der Waals surface area contributed by atoms with Crippen molar-refractivity contribution in [3.63, 3.8) is 0 Å². The topological polar surface area (TPSA) is 110 Å². The van der Waals surface area contributed by atoms with Gasteiger partial charge in [0.1, 0.15) is 15.3 Å². The van der Waals surface area contributed by atoms with Gasteiger partial charge in [0.15, 0.2) is 0 Å². The summed E-state index contributed by atoms with van der Waals surface area (Å²) < 4.78 is 27.2. The second kappa shape index (κ2) is 7.04. The third-order valence-corrected chi connectivity index (χ3v) is 8.22. The van der Waals surface area contributed by atoms with Crippen LogP contribution in [0.5, 0.6) is 0 Å². The van der Waals surface area contributed by atoms with Gasteiger partial charge in [-0.25, -0.2) is 8.42 Å². The van der Waals surface area contributed by atoms with Gasteiger partial charge in [0, 0.05) is 6.54 Å². The van der Waals surface area contributed by atoms with Gasteiger partial charge in [-0.05, 0) is 36.4 Å². The first-order valence-electron chi connectivity index (χ1n) is 7.26. The van der Waals surface area contributed by atoms with E-state index in [4.69, 9.17) is 17.3 Å². The van der Waals surface area contributed by atoms with Crippen molar-refractivity contribution in [2.45, 2.75) is 23.1 Å². The summed E-state index contributed by atoms with van der Waals surface area (Å²) in [6.07, 6.45) is 0.977. The van der Waals surface area contributed by atoms with Crippen LogP contribution in [0.15, 0.2) is 27.8 Å². The van der Waals surface area contributed by atoms with Gasteiger partial charge in [0.05, 0.1) is 9.90 Å². The highest BCUT2D eigenvalue weighted by molar-refractivity contribution is 7.91. The number of anilines is 1. The number of nitrogens with two attached hydrogens (primary N) is 1. The Balaban J connectivity index is 1.83. The Bertz CT molecular complexity index is 921. The number of carbonyl (C=O) groups is 2. The Kier molecular flexibility index (Phi) is 5.16. The summed E-state index contributed by atoms with van der Waals surface area (Å²) in [4.78, 5) is 24.0. The lowest BCUT2D eigenvalue weighted by Gasteiger charge is -2.22. The van der Waals surface area contributed by atoms with Crippen LogP contribution in [0.3, 0.4) is 0 Å². The number of nitrogens with zero attached hydrogens (tertiary/aromatic N) is 1. The standard InChI is InChI=1S/C14H14ClN3O4S3/c15-10-3-4-11(24-10)25(21,22)18-6-1-2-9(18)13(20)17-14-8(12(16)19)5-7-23-14/h3-5,7,9H,1-2,6H2,(H2,16,19)(H,17,20)/t9-/m0/s1. The smallest absolute Gasteiger partial charge is 0.253 e. The summed E-state index contributed by atoms with van der Waals surface area (Å²) in [5.41, 5.74) is 5.47. The molecule has 0 bridgehead atoms. The number of hydrogen-bond donors (Lipinski definition) is 2. The molecule has 0 saturated carbocycles. The Morgan fingerprint density at radius 3 is 2.72 bits per heavy atom. The molecule has 134 valence electrons. The van der Waals surface area contributed by atoms with E-state index < -0.39 is 27.9 Å². The molecule has 0 spiro atoms. The minimum atomic E-state index is -3.80. The second-order valence-electron chi connectivity index (χ2n) is 5.35. The van der Waals surface area contributed by atoms with E-state index in [1.54, 1.807) is 5.38 Å². The average Bonchev–Trinajstić information content (AvgIpc) is 3.26. The lowest BCUT2D eigenvalue weighted by atomic mass is 10.2. The van der Waals surface area contributed by atoms with Gasteiger partial charge in [-0.1, -0.05) is 11.6 Å². The molecule has 1 fully saturated rings. The third kappa shape index (κ3) is 3.58. The summed E-state index contributed by atoms with van der Waals surface area (Å²) in [6, 6.07) is 3.61. The lowest BCUT2D eigenvalue weighted by Crippen LogP contribution is -2.42. The molecule has 0 aromatic carbocycles. The first-order chi connectivity index (χ1) is 11.8. The minimum Gasteiger partial charge on any atom is -0.366 e. The molecule has 2 amide bonds. The van der Waals surface area contributed by atoms with E-state index in [0.29, 0.717) is 22.2 Å². The van der Waals surface area contributed by atoms with Gasteiger partial charge in [0.2, 0.25) is 5.91 Å². The van der Waals surface area contributed by atoms with Crippen LogP contribution >= 0.6 is 34.3 Å². The molecule has 1 aliphatic rings. The molecule has 1 aliphatic heterocycles. The van der Waals surface area contributed by atoms with E-state index >= 15 is 0 Å². The van der Waals surface area contributed by atoms with Crippen LogP contribution in [-0.4, -0.2) is 37.1 Å². The predicted octanol–water partition coefficient (Wildman–Crippen LogP) is 2.35. The van der Waals surface area contributed by atoms with Crippen LogP contribution < -0.4 is 11.1 Å². The number of hydrogen-bond acceptors (Lipinski definition) is 6. The van der Waals surface area contributed by atoms with Crippen molar-refractivity contribution >= 4 is 61.1 Å². The molecule has 2 aromatic rings. The van der Waals surface area contributed by atoms with E-state index in [1.165, 1.54) is 22.5 Å². The highest BCUT2D eigenvalue weighted by Gasteiger charge is 2.40. The van der Waals surface area contributed by atoms with Crippen LogP contribution in [0.25, 0.3) is 0 Å². The van der Waals surface area contributed by atoms with Gasteiger partial charge in [-0.15, -0.1) is 22.7 Å². The van der Waals surface area contributed by atoms with Gasteiger partial charge in [0.25, 0.3) is 15.9 Å². The first kappa shape index (κ1) is 18.3. The highest BCUT2D eigenvalue weighted by Crippen LogP contribution is 2.33. The zero-order chi connectivity index (χ0) is 18.2. The van der Waals surface area contributed by atoms with Crippen molar-refractivity contribution in [2.24, 2.45) is 5.73 Å². The van der Waals surface area contributed by atoms with Crippen LogP contribution in [-0.2, 0) is 14.8 Å². The van der Waals surface area contributed by atoms with E-state index in [-0.39, 0.29) is 16.3 Å². The Morgan fingerprint density at radius 2 is 2.08 bits per heavy atom. The van der Waals surface area contributed by atoms with Crippen LogP contribution in [0, 0.1) is 0 Å². The highest BCUT2D eigenvalue weighted by atomic mass is 35.5. The zero-order valence-corrected chi connectivity index (χ0v) is 16.0. The van der Waals surface area contributed by atoms with Crippen LogP contribution in [0.4, 0.5) is 5.00 Å². The van der Waals surface area contributed by atoms with Gasteiger partial charge in [-0.2, -0.15) is 4.31 Å². The van der Waals surface area contributed by atoms with Gasteiger partial charge < -0.3 is 11.1 Å². The number of halogens is 1. The van der Waals surface area contributed by atoms with E-state index in [0.717, 1.165) is 22.7 Å². The van der Waals surface area contributed by atoms with Crippen molar-refractivity contribution in [3.05, 3.63) is 33.5 Å². The fraction of sp³-hybridized carbons (Fsp3) is 0.286. The summed E-state index contributed by atoms with van der Waals surface area (Å²) in [5, 5.41) is 4.57. The fourth-order valence-corrected chi connectivity index (χ4v) is 6.70. The van der Waals surface area contributed by atoms with E-state index in [2.05, 4.69) is 5.32 Å². The molecule has 3 rings (SSSR count). The summed E-state index contributed by atoms with van der Waals surface area (Å²) in [5.74, 6) is -1.13. The quantitative estimate of drug-likeness (QED) is 0.774. The van der Waals surface area contributed by atoms with Crippen molar-refractivity contribution in [3.8, 4) is 0 Å². The van der Waals surface area contributed by atoms with Crippen molar-refractivity contribution in [1.82, 2.24) is 4.31 Å². The predicted molar refractivity (Wildman–Crippen MR) is 97.7 cm³/mol. The molecule has 0 radical (unpaired) electrons. The van der Waals surface area contributed by atoms with Crippen molar-refractivity contribution in [2.75, 3.05) is 11.9 Å². The molecule has 7 nitrogen and oxygen atoms in total. The first-order valence-corrected chi connectivity index (χ1v) is 10.8. The number of thiophene rings is 2. The summed E-state index contributed by atoms with van der Waals surface area (Å²) in [6.45, 7) is 0.253. The lowest BCUT2D eigenvalue weighted by molar-refractivity contribution is -0.119. The number of carbonyl (C=O) groups excluding carboxylic acids is 2. The maximum absolute atomic E-state index is 12.8. The molecule has 1 saturated heterocycles. The minimum absolute atomic E-state index is 0.103. The fourth-order valence-electron chi connectivity index (χ4n) is 2.64. The molecule has 1 atom stereocenters. The Hall–Kier alpha value is -1.46.